The Kier molecular flexibility index (Phi) is 3.87. The Morgan fingerprint density at radius 3 is 2.76 bits per heavy atom. The Morgan fingerprint density at radius 2 is 2.05 bits per heavy atom. The number of rotatable bonds is 3. The fraction of sp³-hybridized carbons (Fsp3) is 0.438. The van der Waals surface area contributed by atoms with Gasteiger partial charge in [-0.1, -0.05) is 25.1 Å². The van der Waals surface area contributed by atoms with Crippen molar-refractivity contribution < 1.29 is 0 Å². The lowest BCUT2D eigenvalue weighted by atomic mass is 10.00. The minimum Gasteiger partial charge on any atom is -0.350 e. The van der Waals surface area contributed by atoms with Gasteiger partial charge in [-0.2, -0.15) is 5.26 Å². The van der Waals surface area contributed by atoms with Crippen molar-refractivity contribution in [2.75, 3.05) is 11.4 Å². The summed E-state index contributed by atoms with van der Waals surface area (Å²) < 4.78 is 0. The molecule has 1 aromatic heterocycles. The third-order valence-electron chi connectivity index (χ3n) is 4.06. The topological polar surface area (TPSA) is 57.7 Å². The number of anilines is 1. The van der Waals surface area contributed by atoms with Gasteiger partial charge in [0, 0.05) is 12.6 Å². The third kappa shape index (κ3) is 2.62. The van der Waals surface area contributed by atoms with Crippen LogP contribution in [0.5, 0.6) is 0 Å². The molecule has 108 valence electrons. The van der Waals surface area contributed by atoms with Gasteiger partial charge in [-0.05, 0) is 37.8 Å². The number of hydrogen-bond donors (Lipinski definition) is 0. The molecule has 2 heterocycles. The molecule has 0 spiro atoms. The molecule has 1 aliphatic rings. The van der Waals surface area contributed by atoms with Crippen molar-refractivity contribution in [2.24, 2.45) is 0 Å². The Morgan fingerprint density at radius 1 is 1.24 bits per heavy atom. The van der Waals surface area contributed by atoms with Crippen LogP contribution in [0.25, 0.3) is 5.69 Å². The standard InChI is InChI=1S/C16H19N5/c1-2-13-8-6-7-11-20(13)16-15(12-17)18-21(19-16)14-9-4-3-5-10-14/h3-5,9-10,13H,2,6-8,11H2,1H3/t13-/m1/s1. The van der Waals surface area contributed by atoms with Gasteiger partial charge in [0.15, 0.2) is 5.82 Å². The van der Waals surface area contributed by atoms with Gasteiger partial charge < -0.3 is 4.90 Å². The summed E-state index contributed by atoms with van der Waals surface area (Å²) >= 11 is 0. The molecule has 3 rings (SSSR count). The first kappa shape index (κ1) is 13.6. The van der Waals surface area contributed by atoms with Crippen molar-refractivity contribution in [3.05, 3.63) is 36.0 Å². The summed E-state index contributed by atoms with van der Waals surface area (Å²) in [5.41, 5.74) is 1.30. The third-order valence-corrected chi connectivity index (χ3v) is 4.06. The lowest BCUT2D eigenvalue weighted by Gasteiger charge is -2.35. The quantitative estimate of drug-likeness (QED) is 0.868. The molecule has 0 aliphatic carbocycles. The van der Waals surface area contributed by atoms with Crippen molar-refractivity contribution in [1.82, 2.24) is 15.0 Å². The van der Waals surface area contributed by atoms with Gasteiger partial charge in [0.05, 0.1) is 5.69 Å². The molecule has 1 atom stereocenters. The first-order chi connectivity index (χ1) is 10.3. The van der Waals surface area contributed by atoms with Crippen LogP contribution in [-0.2, 0) is 0 Å². The van der Waals surface area contributed by atoms with Crippen molar-refractivity contribution in [3.63, 3.8) is 0 Å². The number of aromatic nitrogens is 3. The summed E-state index contributed by atoms with van der Waals surface area (Å²) in [5.74, 6) is 0.730. The van der Waals surface area contributed by atoms with E-state index in [1.807, 2.05) is 30.3 Å². The molecule has 1 saturated heterocycles. The van der Waals surface area contributed by atoms with Crippen LogP contribution in [-0.4, -0.2) is 27.6 Å². The average molecular weight is 281 g/mol. The molecule has 0 N–H and O–H groups in total. The SMILES string of the molecule is CC[C@@H]1CCCCN1c1nn(-c2ccccc2)nc1C#N. The molecule has 2 aromatic rings. The fourth-order valence-corrected chi connectivity index (χ4v) is 2.95. The Labute approximate surface area is 124 Å². The molecule has 1 aliphatic heterocycles. The van der Waals surface area contributed by atoms with E-state index >= 15 is 0 Å². The maximum Gasteiger partial charge on any atom is 0.207 e. The number of piperidine rings is 1. The summed E-state index contributed by atoms with van der Waals surface area (Å²) in [6, 6.07) is 12.4. The minimum absolute atomic E-state index is 0.416. The van der Waals surface area contributed by atoms with E-state index in [0.717, 1.165) is 30.9 Å². The number of benzene rings is 1. The smallest absolute Gasteiger partial charge is 0.207 e. The average Bonchev–Trinajstić information content (AvgIpc) is 2.99. The number of nitriles is 1. The highest BCUT2D eigenvalue weighted by atomic mass is 15.5. The van der Waals surface area contributed by atoms with Gasteiger partial charge in [-0.3, -0.25) is 0 Å². The summed E-state index contributed by atoms with van der Waals surface area (Å²) in [6.07, 6.45) is 4.64. The van der Waals surface area contributed by atoms with Gasteiger partial charge in [0.25, 0.3) is 0 Å². The predicted octanol–water partition coefficient (Wildman–Crippen LogP) is 2.91. The summed E-state index contributed by atoms with van der Waals surface area (Å²) in [4.78, 5) is 3.82. The molecule has 1 aromatic carbocycles. The highest BCUT2D eigenvalue weighted by Gasteiger charge is 2.26. The van der Waals surface area contributed by atoms with Crippen LogP contribution in [0.15, 0.2) is 30.3 Å². The molecule has 21 heavy (non-hydrogen) atoms. The van der Waals surface area contributed by atoms with Crippen molar-refractivity contribution >= 4 is 5.82 Å². The second kappa shape index (κ2) is 5.96. The summed E-state index contributed by atoms with van der Waals surface area (Å²) in [5, 5.41) is 18.3. The molecule has 1 fully saturated rings. The molecule has 0 bridgehead atoms. The maximum atomic E-state index is 9.38. The van der Waals surface area contributed by atoms with Gasteiger partial charge in [0.2, 0.25) is 5.69 Å². The minimum atomic E-state index is 0.416. The van der Waals surface area contributed by atoms with E-state index in [1.54, 1.807) is 4.80 Å². The molecule has 5 nitrogen and oxygen atoms in total. The zero-order chi connectivity index (χ0) is 14.7. The van der Waals surface area contributed by atoms with E-state index in [1.165, 1.54) is 12.8 Å². The molecule has 0 saturated carbocycles. The van der Waals surface area contributed by atoms with Crippen LogP contribution < -0.4 is 4.90 Å². The molecule has 0 radical (unpaired) electrons. The van der Waals surface area contributed by atoms with Crippen LogP contribution >= 0.6 is 0 Å². The normalized spacial score (nSPS) is 18.5. The van der Waals surface area contributed by atoms with Gasteiger partial charge in [0.1, 0.15) is 6.07 Å². The molecular weight excluding hydrogens is 262 g/mol. The predicted molar refractivity (Wildman–Crippen MR) is 81.4 cm³/mol. The molecule has 0 amide bonds. The van der Waals surface area contributed by atoms with E-state index in [4.69, 9.17) is 0 Å². The number of para-hydroxylation sites is 1. The van der Waals surface area contributed by atoms with Crippen LogP contribution in [0, 0.1) is 11.3 Å². The van der Waals surface area contributed by atoms with E-state index in [9.17, 15) is 5.26 Å². The van der Waals surface area contributed by atoms with Gasteiger partial charge >= 0.3 is 0 Å². The monoisotopic (exact) mass is 281 g/mol. The van der Waals surface area contributed by atoms with E-state index in [2.05, 4.69) is 28.1 Å². The lowest BCUT2D eigenvalue weighted by molar-refractivity contribution is 0.446. The molecule has 0 unspecified atom stereocenters. The summed E-state index contributed by atoms with van der Waals surface area (Å²) in [6.45, 7) is 3.15. The van der Waals surface area contributed by atoms with Crippen LogP contribution in [0.4, 0.5) is 5.82 Å². The fourth-order valence-electron chi connectivity index (χ4n) is 2.95. The number of hydrogen-bond acceptors (Lipinski definition) is 4. The second-order valence-electron chi connectivity index (χ2n) is 5.36. The van der Waals surface area contributed by atoms with Gasteiger partial charge in [-0.25, -0.2) is 0 Å². The molecular formula is C16H19N5. The van der Waals surface area contributed by atoms with Crippen LogP contribution in [0.1, 0.15) is 38.3 Å². The zero-order valence-corrected chi connectivity index (χ0v) is 12.2. The zero-order valence-electron chi connectivity index (χ0n) is 12.2. The molecule has 5 heteroatoms. The van der Waals surface area contributed by atoms with E-state index in [-0.39, 0.29) is 0 Å². The largest absolute Gasteiger partial charge is 0.350 e. The Hall–Kier alpha value is -2.35. The van der Waals surface area contributed by atoms with Crippen molar-refractivity contribution in [3.8, 4) is 11.8 Å². The van der Waals surface area contributed by atoms with Crippen LogP contribution in [0.3, 0.4) is 0 Å². The first-order valence-electron chi connectivity index (χ1n) is 7.53. The number of nitrogens with zero attached hydrogens (tertiary/aromatic N) is 5. The van der Waals surface area contributed by atoms with E-state index in [0.29, 0.717) is 11.7 Å². The first-order valence-corrected chi connectivity index (χ1v) is 7.53. The van der Waals surface area contributed by atoms with Crippen molar-refractivity contribution in [1.29, 1.82) is 5.26 Å². The van der Waals surface area contributed by atoms with Gasteiger partial charge in [-0.15, -0.1) is 15.0 Å². The second-order valence-corrected chi connectivity index (χ2v) is 5.36. The summed E-state index contributed by atoms with van der Waals surface area (Å²) in [7, 11) is 0. The van der Waals surface area contributed by atoms with Crippen LogP contribution in [0.2, 0.25) is 0 Å². The Bertz CT molecular complexity index is 640. The highest BCUT2D eigenvalue weighted by molar-refractivity contribution is 5.51. The maximum absolute atomic E-state index is 9.38. The van der Waals surface area contributed by atoms with E-state index < -0.39 is 0 Å². The Balaban J connectivity index is 1.99. The van der Waals surface area contributed by atoms with Crippen molar-refractivity contribution in [2.45, 2.75) is 38.6 Å². The highest BCUT2D eigenvalue weighted by Crippen LogP contribution is 2.27. The lowest BCUT2D eigenvalue weighted by Crippen LogP contribution is -2.39.